The van der Waals surface area contributed by atoms with Crippen molar-refractivity contribution in [2.75, 3.05) is 19.7 Å². The number of hydrogen-bond acceptors (Lipinski definition) is 3. The van der Waals surface area contributed by atoms with Crippen LogP contribution in [0.1, 0.15) is 21.2 Å². The lowest BCUT2D eigenvalue weighted by Gasteiger charge is -2.26. The van der Waals surface area contributed by atoms with Gasteiger partial charge in [0, 0.05) is 20.5 Å². The Balaban J connectivity index is 0.00000121. The zero-order valence-corrected chi connectivity index (χ0v) is 7.05. The fourth-order valence-electron chi connectivity index (χ4n) is 1.43. The molecule has 0 aromatic rings. The van der Waals surface area contributed by atoms with Gasteiger partial charge in [-0.25, -0.2) is 0 Å². The van der Waals surface area contributed by atoms with Crippen LogP contribution >= 0.6 is 0 Å². The van der Waals surface area contributed by atoms with Crippen molar-refractivity contribution in [1.82, 2.24) is 5.32 Å². The maximum absolute atomic E-state index is 9.41. The summed E-state index contributed by atoms with van der Waals surface area (Å²) in [4.78, 5) is 0. The summed E-state index contributed by atoms with van der Waals surface area (Å²) in [6.45, 7) is 4.47. The van der Waals surface area contributed by atoms with Crippen LogP contribution in [0.2, 0.25) is 0 Å². The smallest absolute Gasteiger partial charge is 0.158 e. The van der Waals surface area contributed by atoms with E-state index in [9.17, 15) is 5.11 Å². The highest BCUT2D eigenvalue weighted by atomic mass is 16.6. The van der Waals surface area contributed by atoms with Crippen molar-refractivity contribution >= 4 is 0 Å². The van der Waals surface area contributed by atoms with E-state index in [0.29, 0.717) is 12.5 Å². The lowest BCUT2D eigenvalue weighted by atomic mass is 9.99. The van der Waals surface area contributed by atoms with E-state index in [1.54, 1.807) is 0 Å². The lowest BCUT2D eigenvalue weighted by Crippen LogP contribution is -2.37. The normalized spacial score (nSPS) is 28.4. The van der Waals surface area contributed by atoms with Crippen LogP contribution in [0.4, 0.5) is 0 Å². The molecule has 0 spiro atoms. The summed E-state index contributed by atoms with van der Waals surface area (Å²) < 4.78 is 5.10. The van der Waals surface area contributed by atoms with E-state index in [-0.39, 0.29) is 1.43 Å². The molecule has 1 heterocycles. The van der Waals surface area contributed by atoms with Crippen molar-refractivity contribution in [2.24, 2.45) is 5.92 Å². The molecule has 1 fully saturated rings. The molecule has 0 aliphatic carbocycles. The molecule has 1 aliphatic heterocycles. The highest BCUT2D eigenvalue weighted by Gasteiger charge is 2.21. The van der Waals surface area contributed by atoms with E-state index >= 15 is 0 Å². The Morgan fingerprint density at radius 3 is 3.18 bits per heavy atom. The predicted molar refractivity (Wildman–Crippen MR) is 45.3 cm³/mol. The van der Waals surface area contributed by atoms with Crippen LogP contribution in [0.3, 0.4) is 0 Å². The third-order valence-corrected chi connectivity index (χ3v) is 2.08. The van der Waals surface area contributed by atoms with Crippen molar-refractivity contribution in [3.8, 4) is 0 Å². The van der Waals surface area contributed by atoms with Crippen LogP contribution in [0.5, 0.6) is 0 Å². The second kappa shape index (κ2) is 4.70. The second-order valence-corrected chi connectivity index (χ2v) is 2.95. The minimum Gasteiger partial charge on any atom is -0.368 e. The van der Waals surface area contributed by atoms with E-state index in [2.05, 4.69) is 5.32 Å². The molecule has 0 radical (unpaired) electrons. The van der Waals surface area contributed by atoms with Crippen LogP contribution in [-0.2, 0) is 4.74 Å². The first-order valence-electron chi connectivity index (χ1n) is 4.35. The van der Waals surface area contributed by atoms with E-state index in [0.717, 1.165) is 25.9 Å². The molecule has 0 amide bonds. The second-order valence-electron chi connectivity index (χ2n) is 2.95. The monoisotopic (exact) mass is 161 g/mol. The topological polar surface area (TPSA) is 41.5 Å². The fraction of sp³-hybridized carbons (Fsp3) is 1.00. The third-order valence-electron chi connectivity index (χ3n) is 2.08. The molecule has 1 rings (SSSR count). The molecule has 0 saturated carbocycles. The standard InChI is InChI=1S/C8H17NO2.H2/c1-2-11-8(10)7-4-3-5-9-6-7;/h7-10H,2-6H2,1H3;1H/t7-,8?;/m1./s1. The molecular formula is C8H19NO2. The Hall–Kier alpha value is -0.120. The van der Waals surface area contributed by atoms with Crippen molar-refractivity contribution in [3.63, 3.8) is 0 Å². The van der Waals surface area contributed by atoms with E-state index in [4.69, 9.17) is 4.74 Å². The van der Waals surface area contributed by atoms with E-state index < -0.39 is 6.29 Å². The summed E-state index contributed by atoms with van der Waals surface area (Å²) in [7, 11) is 0. The summed E-state index contributed by atoms with van der Waals surface area (Å²) in [6, 6.07) is 0. The molecule has 1 unspecified atom stereocenters. The minimum absolute atomic E-state index is 0. The number of aliphatic hydroxyl groups excluding tert-OH is 1. The first kappa shape index (κ1) is 8.97. The molecule has 2 atom stereocenters. The van der Waals surface area contributed by atoms with Gasteiger partial charge in [-0.3, -0.25) is 0 Å². The Bertz CT molecular complexity index is 107. The van der Waals surface area contributed by atoms with Gasteiger partial charge < -0.3 is 15.2 Å². The summed E-state index contributed by atoms with van der Waals surface area (Å²) >= 11 is 0. The maximum Gasteiger partial charge on any atom is 0.158 e. The van der Waals surface area contributed by atoms with Gasteiger partial charge in [0.15, 0.2) is 6.29 Å². The van der Waals surface area contributed by atoms with Crippen LogP contribution < -0.4 is 5.32 Å². The van der Waals surface area contributed by atoms with Gasteiger partial charge >= 0.3 is 0 Å². The molecule has 3 heteroatoms. The maximum atomic E-state index is 9.41. The number of aliphatic hydroxyl groups is 1. The minimum atomic E-state index is -0.562. The van der Waals surface area contributed by atoms with Gasteiger partial charge in [-0.05, 0) is 26.3 Å². The summed E-state index contributed by atoms with van der Waals surface area (Å²) in [5, 5.41) is 12.6. The number of rotatable bonds is 3. The van der Waals surface area contributed by atoms with Crippen molar-refractivity contribution < 1.29 is 11.3 Å². The molecule has 3 nitrogen and oxygen atoms in total. The highest BCUT2D eigenvalue weighted by molar-refractivity contribution is 4.70. The largest absolute Gasteiger partial charge is 0.368 e. The van der Waals surface area contributed by atoms with Crippen molar-refractivity contribution in [1.29, 1.82) is 0 Å². The molecule has 0 aromatic carbocycles. The van der Waals surface area contributed by atoms with Gasteiger partial charge in [0.05, 0.1) is 0 Å². The van der Waals surface area contributed by atoms with Crippen LogP contribution in [-0.4, -0.2) is 31.1 Å². The Labute approximate surface area is 69.2 Å². The molecule has 0 aromatic heterocycles. The Morgan fingerprint density at radius 2 is 2.64 bits per heavy atom. The van der Waals surface area contributed by atoms with Gasteiger partial charge in [0.1, 0.15) is 0 Å². The molecule has 1 aliphatic rings. The zero-order valence-electron chi connectivity index (χ0n) is 7.05. The first-order chi connectivity index (χ1) is 5.34. The van der Waals surface area contributed by atoms with Gasteiger partial charge in [-0.2, -0.15) is 0 Å². The first-order valence-corrected chi connectivity index (χ1v) is 4.35. The summed E-state index contributed by atoms with van der Waals surface area (Å²) in [5.74, 6) is 0.295. The molecule has 0 bridgehead atoms. The van der Waals surface area contributed by atoms with Crippen LogP contribution in [0.25, 0.3) is 0 Å². The lowest BCUT2D eigenvalue weighted by molar-refractivity contribution is -0.133. The Kier molecular flexibility index (Phi) is 3.83. The molecule has 68 valence electrons. The van der Waals surface area contributed by atoms with Gasteiger partial charge in [0.25, 0.3) is 0 Å². The average molecular weight is 161 g/mol. The average Bonchev–Trinajstić information content (AvgIpc) is 2.07. The molecule has 11 heavy (non-hydrogen) atoms. The number of hydrogen-bond donors (Lipinski definition) is 2. The molecular weight excluding hydrogens is 142 g/mol. The third kappa shape index (κ3) is 2.77. The molecule has 1 saturated heterocycles. The van der Waals surface area contributed by atoms with Gasteiger partial charge in [-0.1, -0.05) is 0 Å². The fourth-order valence-corrected chi connectivity index (χ4v) is 1.43. The Morgan fingerprint density at radius 1 is 1.82 bits per heavy atom. The van der Waals surface area contributed by atoms with Gasteiger partial charge in [-0.15, -0.1) is 0 Å². The summed E-state index contributed by atoms with van der Waals surface area (Å²) in [5.41, 5.74) is 0. The number of piperidine rings is 1. The van der Waals surface area contributed by atoms with E-state index in [1.165, 1.54) is 0 Å². The van der Waals surface area contributed by atoms with Crippen LogP contribution in [0, 0.1) is 5.92 Å². The molecule has 2 N–H and O–H groups in total. The van der Waals surface area contributed by atoms with Crippen LogP contribution in [0.15, 0.2) is 0 Å². The van der Waals surface area contributed by atoms with Crippen molar-refractivity contribution in [3.05, 3.63) is 0 Å². The predicted octanol–water partition coefficient (Wildman–Crippen LogP) is 0.587. The quantitative estimate of drug-likeness (QED) is 0.595. The van der Waals surface area contributed by atoms with Gasteiger partial charge in [0.2, 0.25) is 0 Å². The summed E-state index contributed by atoms with van der Waals surface area (Å²) in [6.07, 6.45) is 1.66. The number of nitrogens with one attached hydrogen (secondary N) is 1. The zero-order chi connectivity index (χ0) is 8.10. The number of ether oxygens (including phenoxy) is 1. The van der Waals surface area contributed by atoms with Crippen molar-refractivity contribution in [2.45, 2.75) is 26.1 Å². The SMILES string of the molecule is CCOC(O)[C@@H]1CCCNC1.[HH]. The van der Waals surface area contributed by atoms with E-state index in [1.807, 2.05) is 6.92 Å². The highest BCUT2D eigenvalue weighted by Crippen LogP contribution is 2.14.